The van der Waals surface area contributed by atoms with Gasteiger partial charge in [-0.2, -0.15) is 0 Å². The van der Waals surface area contributed by atoms with Gasteiger partial charge in [-0.3, -0.25) is 14.4 Å². The highest BCUT2D eigenvalue weighted by atomic mass is 32.2. The van der Waals surface area contributed by atoms with Crippen LogP contribution in [0.1, 0.15) is 88.6 Å². The Hall–Kier alpha value is -2.27. The number of thioether (sulfide) groups is 1. The lowest BCUT2D eigenvalue weighted by Gasteiger charge is -2.58. The van der Waals surface area contributed by atoms with Gasteiger partial charge in [0.05, 0.1) is 11.0 Å². The summed E-state index contributed by atoms with van der Waals surface area (Å²) in [6, 6.07) is 0.0122. The Labute approximate surface area is 227 Å². The van der Waals surface area contributed by atoms with E-state index in [-0.39, 0.29) is 42.0 Å². The molecule has 4 N–H and O–H groups in total. The molecule has 1 heterocycles. The maximum atomic E-state index is 13.6. The number of hydrogen-bond donors (Lipinski definition) is 4. The van der Waals surface area contributed by atoms with E-state index < -0.39 is 29.4 Å². The van der Waals surface area contributed by atoms with Gasteiger partial charge in [0.25, 0.3) is 11.8 Å². The van der Waals surface area contributed by atoms with Crippen LogP contribution < -0.4 is 15.4 Å². The van der Waals surface area contributed by atoms with Crippen molar-refractivity contribution in [3.8, 4) is 5.88 Å². The molecule has 1 aromatic rings. The zero-order valence-electron chi connectivity index (χ0n) is 22.2. The van der Waals surface area contributed by atoms with Crippen LogP contribution in [0.4, 0.5) is 0 Å². The molecule has 0 aromatic carbocycles. The molecular formula is C27H39N3O7S. The number of carboxylic acid groups (broad SMARTS) is 1. The maximum Gasteiger partial charge on any atom is 0.322 e. The number of amides is 2. The smallest absolute Gasteiger partial charge is 0.322 e. The van der Waals surface area contributed by atoms with E-state index in [1.165, 1.54) is 6.42 Å². The van der Waals surface area contributed by atoms with Crippen LogP contribution in [0, 0.1) is 23.2 Å². The number of aliphatic carboxylic acids is 1. The predicted molar refractivity (Wildman–Crippen MR) is 139 cm³/mol. The van der Waals surface area contributed by atoms with Crippen molar-refractivity contribution >= 4 is 29.5 Å². The third-order valence-electron chi connectivity index (χ3n) is 8.79. The summed E-state index contributed by atoms with van der Waals surface area (Å²) in [6.07, 6.45) is 9.97. The molecule has 0 spiro atoms. The molecule has 10 nitrogen and oxygen atoms in total. The molecule has 6 rings (SSSR count). The fourth-order valence-electron chi connectivity index (χ4n) is 7.10. The van der Waals surface area contributed by atoms with Gasteiger partial charge in [0.1, 0.15) is 18.0 Å². The van der Waals surface area contributed by atoms with Gasteiger partial charge in [0.2, 0.25) is 11.7 Å². The number of carbonyl (C=O) groups is 3. The molecule has 2 unspecified atom stereocenters. The summed E-state index contributed by atoms with van der Waals surface area (Å²) >= 11 is 1.56. The Balaban J connectivity index is 1.30. The fraction of sp³-hybridized carbons (Fsp3) is 0.778. The van der Waals surface area contributed by atoms with Crippen LogP contribution in [0.25, 0.3) is 0 Å². The third-order valence-corrected chi connectivity index (χ3v) is 10.2. The molecular weight excluding hydrogens is 510 g/mol. The molecule has 210 valence electrons. The number of nitrogens with one attached hydrogen (secondary N) is 2. The summed E-state index contributed by atoms with van der Waals surface area (Å²) in [6.45, 7) is 2.79. The first-order valence-corrected chi connectivity index (χ1v) is 14.7. The molecule has 5 aliphatic carbocycles. The molecule has 1 aromatic heterocycles. The van der Waals surface area contributed by atoms with Gasteiger partial charge in [0.15, 0.2) is 0 Å². The number of aliphatic hydroxyl groups is 1. The van der Waals surface area contributed by atoms with E-state index in [1.54, 1.807) is 25.6 Å². The van der Waals surface area contributed by atoms with E-state index in [1.807, 2.05) is 0 Å². The third kappa shape index (κ3) is 5.83. The molecule has 5 aliphatic rings. The first kappa shape index (κ1) is 27.3. The van der Waals surface area contributed by atoms with Crippen LogP contribution in [0.5, 0.6) is 5.88 Å². The van der Waals surface area contributed by atoms with Gasteiger partial charge in [-0.25, -0.2) is 0 Å². The normalized spacial score (nSPS) is 30.7. The second kappa shape index (κ2) is 10.7. The number of hydrogen-bond acceptors (Lipinski definition) is 8. The highest BCUT2D eigenvalue weighted by molar-refractivity contribution is 8.00. The van der Waals surface area contributed by atoms with Crippen LogP contribution in [0.3, 0.4) is 0 Å². The van der Waals surface area contributed by atoms with Gasteiger partial charge in [-0.1, -0.05) is 19.3 Å². The first-order valence-electron chi connectivity index (χ1n) is 13.9. The lowest BCUT2D eigenvalue weighted by atomic mass is 9.52. The van der Waals surface area contributed by atoms with Crippen molar-refractivity contribution < 1.29 is 33.9 Å². The van der Waals surface area contributed by atoms with E-state index >= 15 is 0 Å². The topological polar surface area (TPSA) is 151 Å². The number of nitrogens with zero attached hydrogens (tertiary/aromatic N) is 1. The monoisotopic (exact) mass is 549 g/mol. The van der Waals surface area contributed by atoms with Gasteiger partial charge in [-0.15, -0.1) is 11.8 Å². The zero-order valence-corrected chi connectivity index (χ0v) is 23.0. The Kier molecular flexibility index (Phi) is 7.70. The number of ether oxygens (including phenoxy) is 1. The fourth-order valence-corrected chi connectivity index (χ4v) is 8.44. The van der Waals surface area contributed by atoms with Crippen LogP contribution in [0.2, 0.25) is 0 Å². The van der Waals surface area contributed by atoms with E-state index in [9.17, 15) is 19.5 Å². The molecule has 2 amide bonds. The van der Waals surface area contributed by atoms with Gasteiger partial charge < -0.3 is 30.1 Å². The lowest BCUT2D eigenvalue weighted by Crippen LogP contribution is -2.61. The lowest BCUT2D eigenvalue weighted by molar-refractivity contribution is -0.140. The second-order valence-corrected chi connectivity index (χ2v) is 13.8. The molecule has 5 saturated carbocycles. The molecule has 5 fully saturated rings. The standard InChI is InChI=1S/C27H39N3O7S/c1-26(2,25(34)28-13-19(31)32)14-36-24-22(38-18-6-4-3-5-7-18)21(37-30-24)23(33)29-20-16-8-15-9-17(20)12-27(35,10-15)11-16/h15-18,20,35H,3-14H2,1-2H3,(H,28,34)(H,29,33)(H,31,32)/t15?,16?,17?,20-,27-. The summed E-state index contributed by atoms with van der Waals surface area (Å²) in [5.74, 6) is -0.478. The van der Waals surface area contributed by atoms with E-state index in [0.717, 1.165) is 57.8 Å². The second-order valence-electron chi connectivity index (χ2n) is 12.5. The first-order chi connectivity index (χ1) is 18.0. The zero-order chi connectivity index (χ0) is 27.1. The van der Waals surface area contributed by atoms with Crippen LogP contribution in [-0.4, -0.2) is 63.2 Å². The van der Waals surface area contributed by atoms with Crippen LogP contribution in [-0.2, 0) is 9.59 Å². The van der Waals surface area contributed by atoms with Crippen molar-refractivity contribution in [1.29, 1.82) is 0 Å². The molecule has 38 heavy (non-hydrogen) atoms. The number of aromatic nitrogens is 1. The quantitative estimate of drug-likeness (QED) is 0.344. The van der Waals surface area contributed by atoms with Crippen molar-refractivity contribution in [3.63, 3.8) is 0 Å². The Morgan fingerprint density at radius 2 is 1.82 bits per heavy atom. The van der Waals surface area contributed by atoms with Crippen molar-refractivity contribution in [2.75, 3.05) is 13.2 Å². The molecule has 4 bridgehead atoms. The minimum absolute atomic E-state index is 0.0122. The van der Waals surface area contributed by atoms with Crippen molar-refractivity contribution in [2.24, 2.45) is 23.2 Å². The minimum atomic E-state index is -1.12. The van der Waals surface area contributed by atoms with E-state index in [0.29, 0.717) is 16.1 Å². The van der Waals surface area contributed by atoms with Crippen molar-refractivity contribution in [3.05, 3.63) is 5.76 Å². The number of carbonyl (C=O) groups excluding carboxylic acids is 2. The molecule has 0 saturated heterocycles. The molecule has 11 heteroatoms. The average Bonchev–Trinajstić information content (AvgIpc) is 3.25. The summed E-state index contributed by atoms with van der Waals surface area (Å²) in [4.78, 5) is 37.4. The highest BCUT2D eigenvalue weighted by Gasteiger charge is 2.55. The molecule has 0 aliphatic heterocycles. The van der Waals surface area contributed by atoms with Crippen molar-refractivity contribution in [2.45, 2.75) is 99.8 Å². The van der Waals surface area contributed by atoms with Gasteiger partial charge >= 0.3 is 5.97 Å². The predicted octanol–water partition coefficient (Wildman–Crippen LogP) is 3.37. The summed E-state index contributed by atoms with van der Waals surface area (Å²) in [7, 11) is 0. The molecule has 2 atom stereocenters. The SMILES string of the molecule is CC(C)(COc1noc(C(=O)N[C@H]2C3CC4CC2C[C@](O)(C4)C3)c1SC1CCCCC1)C(=O)NCC(=O)O. The van der Waals surface area contributed by atoms with Gasteiger partial charge in [-0.05, 0) is 81.7 Å². The molecule has 0 radical (unpaired) electrons. The van der Waals surface area contributed by atoms with Crippen LogP contribution in [0.15, 0.2) is 9.42 Å². The van der Waals surface area contributed by atoms with E-state index in [4.69, 9.17) is 14.4 Å². The number of carboxylic acids is 1. The van der Waals surface area contributed by atoms with Crippen LogP contribution >= 0.6 is 11.8 Å². The average molecular weight is 550 g/mol. The Morgan fingerprint density at radius 1 is 1.13 bits per heavy atom. The maximum absolute atomic E-state index is 13.6. The minimum Gasteiger partial charge on any atom is -0.480 e. The summed E-state index contributed by atoms with van der Waals surface area (Å²) in [5, 5.41) is 29.8. The van der Waals surface area contributed by atoms with E-state index in [2.05, 4.69) is 15.8 Å². The highest BCUT2D eigenvalue weighted by Crippen LogP contribution is 2.55. The largest absolute Gasteiger partial charge is 0.480 e. The Morgan fingerprint density at radius 3 is 2.45 bits per heavy atom. The summed E-state index contributed by atoms with van der Waals surface area (Å²) in [5.41, 5.74) is -1.60. The van der Waals surface area contributed by atoms with Crippen molar-refractivity contribution in [1.82, 2.24) is 15.8 Å². The summed E-state index contributed by atoms with van der Waals surface area (Å²) < 4.78 is 11.5. The Bertz CT molecular complexity index is 1050. The van der Waals surface area contributed by atoms with Gasteiger partial charge in [0, 0.05) is 11.3 Å². The number of rotatable bonds is 10.